The Morgan fingerprint density at radius 1 is 1.00 bits per heavy atom. The fourth-order valence-electron chi connectivity index (χ4n) is 3.21. The first-order chi connectivity index (χ1) is 13.0. The van der Waals surface area contributed by atoms with Crippen LogP contribution >= 0.6 is 23.2 Å². The van der Waals surface area contributed by atoms with Crippen molar-refractivity contribution in [1.82, 2.24) is 4.72 Å². The van der Waals surface area contributed by atoms with Gasteiger partial charge in [0.1, 0.15) is 0 Å². The van der Waals surface area contributed by atoms with E-state index < -0.39 is 25.6 Å². The van der Waals surface area contributed by atoms with E-state index in [1.807, 2.05) is 6.07 Å². The Labute approximate surface area is 175 Å². The molecule has 0 aromatic heterocycles. The van der Waals surface area contributed by atoms with Crippen molar-refractivity contribution in [2.75, 3.05) is 11.0 Å². The van der Waals surface area contributed by atoms with E-state index in [0.29, 0.717) is 35.0 Å². The molecule has 0 radical (unpaired) electrons. The van der Waals surface area contributed by atoms with Crippen molar-refractivity contribution < 1.29 is 16.8 Å². The number of anilines is 1. The Balaban J connectivity index is 1.79. The summed E-state index contributed by atoms with van der Waals surface area (Å²) in [7, 11) is -7.20. The highest BCUT2D eigenvalue weighted by Gasteiger charge is 2.41. The second-order valence-electron chi connectivity index (χ2n) is 7.05. The summed E-state index contributed by atoms with van der Waals surface area (Å²) >= 11 is 12.2. The number of benzene rings is 2. The Hall–Kier alpha value is -1.32. The summed E-state index contributed by atoms with van der Waals surface area (Å²) in [6.07, 6.45) is 3.83. The number of hydrogen-bond donors (Lipinski definition) is 2. The van der Waals surface area contributed by atoms with Crippen molar-refractivity contribution >= 4 is 48.9 Å². The standard InChI is InChI=1S/C18H20Cl2N2O4S2/c1-27(23,24)21-15-5-7-16(8-6-15)28(25,26)22-18(9-2-10-18)12-13-3-4-14(19)11-17(13)20/h3-8,11,21-22H,2,9-10,12H2,1H3. The molecule has 28 heavy (non-hydrogen) atoms. The van der Waals surface area contributed by atoms with Gasteiger partial charge in [0.2, 0.25) is 20.0 Å². The molecule has 0 heterocycles. The summed E-state index contributed by atoms with van der Waals surface area (Å²) in [4.78, 5) is 0.0695. The van der Waals surface area contributed by atoms with Crippen LogP contribution in [0.25, 0.3) is 0 Å². The molecular formula is C18H20Cl2N2O4S2. The number of sulfonamides is 2. The fraction of sp³-hybridized carbons (Fsp3) is 0.333. The monoisotopic (exact) mass is 462 g/mol. The molecule has 0 unspecified atom stereocenters. The van der Waals surface area contributed by atoms with Gasteiger partial charge in [-0.3, -0.25) is 4.72 Å². The first-order valence-corrected chi connectivity index (χ1v) is 12.7. The van der Waals surface area contributed by atoms with Crippen molar-refractivity contribution in [3.05, 3.63) is 58.1 Å². The molecule has 6 nitrogen and oxygen atoms in total. The summed E-state index contributed by atoms with van der Waals surface area (Å²) in [6.45, 7) is 0. The lowest BCUT2D eigenvalue weighted by Gasteiger charge is -2.42. The minimum absolute atomic E-state index is 0.0695. The van der Waals surface area contributed by atoms with Gasteiger partial charge in [0.25, 0.3) is 0 Å². The lowest BCUT2D eigenvalue weighted by molar-refractivity contribution is 0.220. The quantitative estimate of drug-likeness (QED) is 0.653. The highest BCUT2D eigenvalue weighted by molar-refractivity contribution is 7.92. The minimum atomic E-state index is -3.78. The molecule has 1 fully saturated rings. The second-order valence-corrected chi connectivity index (χ2v) is 11.3. The first kappa shape index (κ1) is 21.4. The lowest BCUT2D eigenvalue weighted by atomic mass is 9.74. The van der Waals surface area contributed by atoms with Crippen molar-refractivity contribution in [2.24, 2.45) is 0 Å². The number of hydrogen-bond acceptors (Lipinski definition) is 4. The Kier molecular flexibility index (Phi) is 5.99. The Morgan fingerprint density at radius 2 is 1.64 bits per heavy atom. The topological polar surface area (TPSA) is 92.3 Å². The van der Waals surface area contributed by atoms with Gasteiger partial charge in [-0.15, -0.1) is 0 Å². The minimum Gasteiger partial charge on any atom is -0.284 e. The van der Waals surface area contributed by atoms with Gasteiger partial charge in [0.15, 0.2) is 0 Å². The molecule has 1 saturated carbocycles. The van der Waals surface area contributed by atoms with Crippen LogP contribution in [0.15, 0.2) is 47.4 Å². The molecule has 2 N–H and O–H groups in total. The van der Waals surface area contributed by atoms with Crippen molar-refractivity contribution in [2.45, 2.75) is 36.1 Å². The normalized spacial score (nSPS) is 16.4. The molecule has 1 aliphatic carbocycles. The van der Waals surface area contributed by atoms with Crippen LogP contribution in [0.1, 0.15) is 24.8 Å². The molecule has 1 aliphatic rings. The van der Waals surface area contributed by atoms with Crippen LogP contribution in [0.3, 0.4) is 0 Å². The summed E-state index contributed by atoms with van der Waals surface area (Å²) in [5.74, 6) is 0. The van der Waals surface area contributed by atoms with Crippen LogP contribution in [0.2, 0.25) is 10.0 Å². The number of nitrogens with one attached hydrogen (secondary N) is 2. The summed E-state index contributed by atoms with van der Waals surface area (Å²) < 4.78 is 53.4. The summed E-state index contributed by atoms with van der Waals surface area (Å²) in [5.41, 5.74) is 0.536. The molecule has 152 valence electrons. The molecular weight excluding hydrogens is 443 g/mol. The average molecular weight is 463 g/mol. The molecule has 0 atom stereocenters. The third-order valence-corrected chi connectivity index (χ3v) is 7.46. The molecule has 10 heteroatoms. The van der Waals surface area contributed by atoms with E-state index >= 15 is 0 Å². The largest absolute Gasteiger partial charge is 0.284 e. The highest BCUT2D eigenvalue weighted by Crippen LogP contribution is 2.38. The van der Waals surface area contributed by atoms with E-state index in [1.54, 1.807) is 12.1 Å². The molecule has 0 saturated heterocycles. The zero-order chi connectivity index (χ0) is 20.6. The van der Waals surface area contributed by atoms with Gasteiger partial charge in [-0.1, -0.05) is 29.3 Å². The smallest absolute Gasteiger partial charge is 0.241 e. The van der Waals surface area contributed by atoms with Gasteiger partial charge in [-0.2, -0.15) is 0 Å². The predicted octanol–water partition coefficient (Wildman–Crippen LogP) is 3.81. The van der Waals surface area contributed by atoms with E-state index in [0.717, 1.165) is 18.2 Å². The van der Waals surface area contributed by atoms with Crippen molar-refractivity contribution in [1.29, 1.82) is 0 Å². The first-order valence-electron chi connectivity index (χ1n) is 8.54. The van der Waals surface area contributed by atoms with E-state index in [-0.39, 0.29) is 4.90 Å². The van der Waals surface area contributed by atoms with Gasteiger partial charge in [0, 0.05) is 21.3 Å². The fourth-order valence-corrected chi connectivity index (χ4v) is 5.71. The molecule has 0 amide bonds. The second kappa shape index (κ2) is 7.84. The van der Waals surface area contributed by atoms with Crippen LogP contribution in [-0.4, -0.2) is 28.6 Å². The van der Waals surface area contributed by atoms with Gasteiger partial charge in [-0.05, 0) is 67.6 Å². The molecule has 0 spiro atoms. The summed E-state index contributed by atoms with van der Waals surface area (Å²) in [5, 5.41) is 1.04. The van der Waals surface area contributed by atoms with Gasteiger partial charge < -0.3 is 0 Å². The van der Waals surface area contributed by atoms with E-state index in [2.05, 4.69) is 9.44 Å². The summed E-state index contributed by atoms with van der Waals surface area (Å²) in [6, 6.07) is 10.8. The van der Waals surface area contributed by atoms with Crippen LogP contribution in [-0.2, 0) is 26.5 Å². The van der Waals surface area contributed by atoms with Gasteiger partial charge in [-0.25, -0.2) is 21.6 Å². The molecule has 2 aromatic carbocycles. The van der Waals surface area contributed by atoms with Crippen molar-refractivity contribution in [3.8, 4) is 0 Å². The van der Waals surface area contributed by atoms with Crippen LogP contribution < -0.4 is 9.44 Å². The Morgan fingerprint density at radius 3 is 2.14 bits per heavy atom. The van der Waals surface area contributed by atoms with E-state index in [4.69, 9.17) is 23.2 Å². The number of rotatable bonds is 7. The predicted molar refractivity (Wildman–Crippen MR) is 112 cm³/mol. The lowest BCUT2D eigenvalue weighted by Crippen LogP contribution is -2.54. The maximum absolute atomic E-state index is 12.9. The van der Waals surface area contributed by atoms with Crippen LogP contribution in [0.5, 0.6) is 0 Å². The highest BCUT2D eigenvalue weighted by atomic mass is 35.5. The van der Waals surface area contributed by atoms with E-state index in [1.165, 1.54) is 24.3 Å². The van der Waals surface area contributed by atoms with Gasteiger partial charge in [0.05, 0.1) is 11.2 Å². The average Bonchev–Trinajstić information content (AvgIpc) is 2.54. The zero-order valence-corrected chi connectivity index (χ0v) is 18.2. The third kappa shape index (κ3) is 5.18. The van der Waals surface area contributed by atoms with Crippen LogP contribution in [0, 0.1) is 0 Å². The van der Waals surface area contributed by atoms with Crippen LogP contribution in [0.4, 0.5) is 5.69 Å². The molecule has 0 bridgehead atoms. The molecule has 0 aliphatic heterocycles. The maximum atomic E-state index is 12.9. The van der Waals surface area contributed by atoms with Crippen molar-refractivity contribution in [3.63, 3.8) is 0 Å². The maximum Gasteiger partial charge on any atom is 0.241 e. The van der Waals surface area contributed by atoms with Gasteiger partial charge >= 0.3 is 0 Å². The Bertz CT molecular complexity index is 1080. The zero-order valence-electron chi connectivity index (χ0n) is 15.1. The SMILES string of the molecule is CS(=O)(=O)Nc1ccc(S(=O)(=O)NC2(Cc3ccc(Cl)cc3Cl)CCC2)cc1. The van der Waals surface area contributed by atoms with E-state index in [9.17, 15) is 16.8 Å². The molecule has 2 aromatic rings. The molecule has 3 rings (SSSR count). The number of halogens is 2. The third-order valence-electron chi connectivity index (χ3n) is 4.67.